The summed E-state index contributed by atoms with van der Waals surface area (Å²) in [7, 11) is 1.64. The van der Waals surface area contributed by atoms with Crippen LogP contribution in [0.4, 0.5) is 4.39 Å². The second-order valence-electron chi connectivity index (χ2n) is 4.30. The molecule has 0 aliphatic heterocycles. The molecule has 102 valence electrons. The monoisotopic (exact) mass is 279 g/mol. The highest BCUT2D eigenvalue weighted by Gasteiger charge is 2.18. The van der Waals surface area contributed by atoms with Crippen molar-refractivity contribution in [3.05, 3.63) is 52.0 Å². The molecule has 1 aromatic carbocycles. The lowest BCUT2D eigenvalue weighted by atomic mass is 10.0. The van der Waals surface area contributed by atoms with Crippen LogP contribution >= 0.6 is 11.3 Å². The second kappa shape index (κ2) is 6.68. The summed E-state index contributed by atoms with van der Waals surface area (Å²) in [6.45, 7) is 2.94. The summed E-state index contributed by atoms with van der Waals surface area (Å²) < 4.78 is 19.2. The molecule has 1 aromatic heterocycles. The number of nitrogens with one attached hydrogen (secondary N) is 1. The Hall–Kier alpha value is -1.39. The van der Waals surface area contributed by atoms with E-state index in [0.29, 0.717) is 5.56 Å². The summed E-state index contributed by atoms with van der Waals surface area (Å²) in [5.74, 6) is 0.642. The Labute approximate surface area is 117 Å². The van der Waals surface area contributed by atoms with Crippen molar-refractivity contribution in [1.29, 1.82) is 0 Å². The zero-order chi connectivity index (χ0) is 13.7. The Morgan fingerprint density at radius 2 is 2.16 bits per heavy atom. The molecule has 2 rings (SSSR count). The number of hydrogen-bond acceptors (Lipinski definition) is 3. The van der Waals surface area contributed by atoms with E-state index < -0.39 is 0 Å². The van der Waals surface area contributed by atoms with Crippen molar-refractivity contribution in [3.63, 3.8) is 0 Å². The van der Waals surface area contributed by atoms with Crippen molar-refractivity contribution in [2.45, 2.75) is 19.4 Å². The maximum Gasteiger partial charge on any atom is 0.129 e. The highest BCUT2D eigenvalue weighted by molar-refractivity contribution is 7.10. The van der Waals surface area contributed by atoms with Crippen LogP contribution in [-0.2, 0) is 0 Å². The number of hydrogen-bond donors (Lipinski definition) is 1. The van der Waals surface area contributed by atoms with Gasteiger partial charge in [0, 0.05) is 15.8 Å². The van der Waals surface area contributed by atoms with Crippen molar-refractivity contribution in [1.82, 2.24) is 5.32 Å². The summed E-state index contributed by atoms with van der Waals surface area (Å²) in [4.78, 5) is 1.07. The molecule has 0 saturated heterocycles. The molecule has 1 heterocycles. The molecule has 0 aliphatic rings. The zero-order valence-corrected chi connectivity index (χ0v) is 12.0. The lowest BCUT2D eigenvalue weighted by molar-refractivity contribution is 0.416. The van der Waals surface area contributed by atoms with Crippen molar-refractivity contribution in [2.24, 2.45) is 0 Å². The van der Waals surface area contributed by atoms with E-state index in [1.807, 2.05) is 23.6 Å². The van der Waals surface area contributed by atoms with Gasteiger partial charge in [0.25, 0.3) is 0 Å². The minimum Gasteiger partial charge on any atom is -0.496 e. The summed E-state index contributed by atoms with van der Waals surface area (Å²) in [5.41, 5.74) is 0.681. The normalized spacial score (nSPS) is 12.4. The van der Waals surface area contributed by atoms with Crippen LogP contribution in [0.25, 0.3) is 0 Å². The first-order chi connectivity index (χ1) is 9.26. The predicted molar refractivity (Wildman–Crippen MR) is 77.4 cm³/mol. The molecule has 0 radical (unpaired) electrons. The van der Waals surface area contributed by atoms with Crippen LogP contribution in [0.5, 0.6) is 5.75 Å². The van der Waals surface area contributed by atoms with Crippen LogP contribution in [-0.4, -0.2) is 13.7 Å². The van der Waals surface area contributed by atoms with E-state index in [4.69, 9.17) is 4.74 Å². The van der Waals surface area contributed by atoms with Crippen molar-refractivity contribution >= 4 is 11.3 Å². The second-order valence-corrected chi connectivity index (χ2v) is 5.24. The molecular weight excluding hydrogens is 261 g/mol. The topological polar surface area (TPSA) is 21.3 Å². The maximum absolute atomic E-state index is 14.0. The van der Waals surface area contributed by atoms with Gasteiger partial charge in [-0.1, -0.05) is 25.1 Å². The molecule has 1 N–H and O–H groups in total. The Morgan fingerprint density at radius 3 is 2.79 bits per heavy atom. The highest BCUT2D eigenvalue weighted by Crippen LogP contribution is 2.32. The molecular formula is C15H18FNOS. The van der Waals surface area contributed by atoms with Gasteiger partial charge in [-0.25, -0.2) is 4.39 Å². The first kappa shape index (κ1) is 14.0. The Balaban J connectivity index is 2.32. The quantitative estimate of drug-likeness (QED) is 0.863. The minimum absolute atomic E-state index is 0.116. The van der Waals surface area contributed by atoms with E-state index in [1.54, 1.807) is 24.5 Å². The van der Waals surface area contributed by atoms with Gasteiger partial charge in [-0.3, -0.25) is 0 Å². The number of benzene rings is 1. The van der Waals surface area contributed by atoms with Crippen molar-refractivity contribution < 1.29 is 9.13 Å². The predicted octanol–water partition coefficient (Wildman–Crippen LogP) is 3.98. The average Bonchev–Trinajstić information content (AvgIpc) is 2.90. The molecule has 0 spiro atoms. The Bertz CT molecular complexity index is 526. The summed E-state index contributed by atoms with van der Waals surface area (Å²) in [5, 5.41) is 5.34. The fourth-order valence-electron chi connectivity index (χ4n) is 1.95. The standard InChI is InChI=1S/C15H18FNOS/c1-3-8-17-15(12-6-4-5-7-13(12)16)14-9-11(18-2)10-19-14/h4-7,9-10,15,17H,3,8H2,1-2H3. The highest BCUT2D eigenvalue weighted by atomic mass is 32.1. The van der Waals surface area contributed by atoms with E-state index in [9.17, 15) is 4.39 Å². The van der Waals surface area contributed by atoms with Crippen LogP contribution in [0.3, 0.4) is 0 Å². The van der Waals surface area contributed by atoms with Gasteiger partial charge in [0.1, 0.15) is 11.6 Å². The Morgan fingerprint density at radius 1 is 1.37 bits per heavy atom. The molecule has 0 aliphatic carbocycles. The SMILES string of the molecule is CCCNC(c1cc(OC)cs1)c1ccccc1F. The average molecular weight is 279 g/mol. The molecule has 0 fully saturated rings. The van der Waals surface area contributed by atoms with Crippen LogP contribution < -0.4 is 10.1 Å². The smallest absolute Gasteiger partial charge is 0.129 e. The number of halogens is 1. The van der Waals surface area contributed by atoms with Crippen LogP contribution in [0.2, 0.25) is 0 Å². The van der Waals surface area contributed by atoms with Crippen molar-refractivity contribution in [2.75, 3.05) is 13.7 Å². The third-order valence-corrected chi connectivity index (χ3v) is 3.91. The van der Waals surface area contributed by atoms with Gasteiger partial charge in [0.2, 0.25) is 0 Å². The molecule has 19 heavy (non-hydrogen) atoms. The minimum atomic E-state index is -0.177. The van der Waals surface area contributed by atoms with E-state index in [2.05, 4.69) is 12.2 Å². The van der Waals surface area contributed by atoms with Gasteiger partial charge >= 0.3 is 0 Å². The maximum atomic E-state index is 14.0. The van der Waals surface area contributed by atoms with Crippen molar-refractivity contribution in [3.8, 4) is 5.75 Å². The fourth-order valence-corrected chi connectivity index (χ4v) is 2.90. The molecule has 2 nitrogen and oxygen atoms in total. The molecule has 0 amide bonds. The van der Waals surface area contributed by atoms with E-state index >= 15 is 0 Å². The third-order valence-electron chi connectivity index (χ3n) is 2.93. The number of methoxy groups -OCH3 is 1. The summed E-state index contributed by atoms with van der Waals surface area (Å²) >= 11 is 1.58. The Kier molecular flexibility index (Phi) is 4.93. The van der Waals surface area contributed by atoms with Gasteiger partial charge in [-0.15, -0.1) is 11.3 Å². The summed E-state index contributed by atoms with van der Waals surface area (Å²) in [6, 6.07) is 8.75. The lowest BCUT2D eigenvalue weighted by Crippen LogP contribution is -2.23. The van der Waals surface area contributed by atoms with Gasteiger partial charge in [0.15, 0.2) is 0 Å². The number of rotatable bonds is 6. The first-order valence-electron chi connectivity index (χ1n) is 6.36. The van der Waals surface area contributed by atoms with Crippen LogP contribution in [0, 0.1) is 5.82 Å². The molecule has 4 heteroatoms. The molecule has 0 saturated carbocycles. The molecule has 1 unspecified atom stereocenters. The van der Waals surface area contributed by atoms with E-state index in [0.717, 1.165) is 23.6 Å². The van der Waals surface area contributed by atoms with Gasteiger partial charge in [-0.2, -0.15) is 0 Å². The first-order valence-corrected chi connectivity index (χ1v) is 7.24. The van der Waals surface area contributed by atoms with Gasteiger partial charge in [-0.05, 0) is 25.1 Å². The number of thiophene rings is 1. The van der Waals surface area contributed by atoms with Gasteiger partial charge in [0.05, 0.1) is 13.2 Å². The molecule has 1 atom stereocenters. The third kappa shape index (κ3) is 3.33. The lowest BCUT2D eigenvalue weighted by Gasteiger charge is -2.18. The molecule has 0 bridgehead atoms. The van der Waals surface area contributed by atoms with Crippen LogP contribution in [0.1, 0.15) is 29.8 Å². The van der Waals surface area contributed by atoms with E-state index in [-0.39, 0.29) is 11.9 Å². The van der Waals surface area contributed by atoms with E-state index in [1.165, 1.54) is 6.07 Å². The zero-order valence-electron chi connectivity index (χ0n) is 11.2. The summed E-state index contributed by atoms with van der Waals surface area (Å²) in [6.07, 6.45) is 1.01. The van der Waals surface area contributed by atoms with Gasteiger partial charge < -0.3 is 10.1 Å². The fraction of sp³-hybridized carbons (Fsp3) is 0.333. The number of ether oxygens (including phenoxy) is 1. The largest absolute Gasteiger partial charge is 0.496 e. The van der Waals surface area contributed by atoms with Crippen LogP contribution in [0.15, 0.2) is 35.7 Å². The molecule has 2 aromatic rings.